The van der Waals surface area contributed by atoms with E-state index in [0.717, 1.165) is 11.1 Å². The molecule has 0 unspecified atom stereocenters. The van der Waals surface area contributed by atoms with Gasteiger partial charge in [-0.15, -0.1) is 0 Å². The number of hydrogen-bond acceptors (Lipinski definition) is 2. The summed E-state index contributed by atoms with van der Waals surface area (Å²) in [6, 6.07) is 13.5. The Labute approximate surface area is 123 Å². The summed E-state index contributed by atoms with van der Waals surface area (Å²) in [5.41, 5.74) is 1.75. The molecule has 0 bridgehead atoms. The van der Waals surface area contributed by atoms with E-state index in [-0.39, 0.29) is 12.2 Å². The first-order valence-corrected chi connectivity index (χ1v) is 6.82. The first-order valence-electron chi connectivity index (χ1n) is 6.82. The smallest absolute Gasteiger partial charge is 0.254 e. The zero-order valence-corrected chi connectivity index (χ0v) is 11.8. The Morgan fingerprint density at radius 3 is 2.57 bits per heavy atom. The van der Waals surface area contributed by atoms with Crippen LogP contribution in [0.15, 0.2) is 48.5 Å². The van der Waals surface area contributed by atoms with Crippen LogP contribution in [0.4, 0.5) is 4.39 Å². The van der Waals surface area contributed by atoms with Gasteiger partial charge in [0.25, 0.3) is 5.91 Å². The Bertz CT molecular complexity index is 613. The number of nitrogens with one attached hydrogen (secondary N) is 1. The second kappa shape index (κ2) is 6.99. The van der Waals surface area contributed by atoms with Crippen molar-refractivity contribution >= 4 is 5.91 Å². The Hall–Kier alpha value is -2.20. The van der Waals surface area contributed by atoms with Gasteiger partial charge >= 0.3 is 0 Å². The standard InChI is InChI=1S/C17H18FNO2/c1-12-7-8-15(16(18)9-12)17(21)19-14(11-20)10-13-5-3-2-4-6-13/h2-9,14,20H,10-11H2,1H3,(H,19,21)/t14-/m0/s1. The third-order valence-electron chi connectivity index (χ3n) is 3.25. The van der Waals surface area contributed by atoms with Crippen LogP contribution in [0.1, 0.15) is 21.5 Å². The molecule has 2 rings (SSSR count). The van der Waals surface area contributed by atoms with Gasteiger partial charge in [0.2, 0.25) is 0 Å². The fraction of sp³-hybridized carbons (Fsp3) is 0.235. The van der Waals surface area contributed by atoms with Gasteiger partial charge in [-0.1, -0.05) is 36.4 Å². The molecule has 1 atom stereocenters. The Morgan fingerprint density at radius 1 is 1.24 bits per heavy atom. The van der Waals surface area contributed by atoms with Crippen LogP contribution in [-0.2, 0) is 6.42 Å². The molecule has 2 aromatic carbocycles. The number of aryl methyl sites for hydroxylation is 1. The van der Waals surface area contributed by atoms with E-state index in [2.05, 4.69) is 5.32 Å². The molecule has 0 spiro atoms. The predicted molar refractivity (Wildman–Crippen MR) is 79.6 cm³/mol. The summed E-state index contributed by atoms with van der Waals surface area (Å²) in [6.07, 6.45) is 0.497. The number of carbonyl (C=O) groups is 1. The van der Waals surface area contributed by atoms with Gasteiger partial charge in [-0.2, -0.15) is 0 Å². The molecular formula is C17H18FNO2. The first-order chi connectivity index (χ1) is 10.1. The van der Waals surface area contributed by atoms with Crippen LogP contribution in [0.3, 0.4) is 0 Å². The highest BCUT2D eigenvalue weighted by Gasteiger charge is 2.16. The van der Waals surface area contributed by atoms with Crippen LogP contribution < -0.4 is 5.32 Å². The van der Waals surface area contributed by atoms with Crippen LogP contribution in [0.5, 0.6) is 0 Å². The number of hydrogen-bond donors (Lipinski definition) is 2. The topological polar surface area (TPSA) is 49.3 Å². The number of amides is 1. The van der Waals surface area contributed by atoms with E-state index in [9.17, 15) is 14.3 Å². The minimum atomic E-state index is -0.552. The van der Waals surface area contributed by atoms with Crippen molar-refractivity contribution in [3.63, 3.8) is 0 Å². The minimum Gasteiger partial charge on any atom is -0.394 e. The number of halogens is 1. The van der Waals surface area contributed by atoms with Crippen LogP contribution in [0.25, 0.3) is 0 Å². The van der Waals surface area contributed by atoms with Gasteiger partial charge in [-0.05, 0) is 36.6 Å². The zero-order chi connectivity index (χ0) is 15.2. The predicted octanol–water partition coefficient (Wildman–Crippen LogP) is 2.47. The van der Waals surface area contributed by atoms with E-state index >= 15 is 0 Å². The van der Waals surface area contributed by atoms with Gasteiger partial charge in [0.1, 0.15) is 5.82 Å². The summed E-state index contributed by atoms with van der Waals surface area (Å²) in [5, 5.41) is 12.1. The monoisotopic (exact) mass is 287 g/mol. The number of aliphatic hydroxyl groups is 1. The molecule has 21 heavy (non-hydrogen) atoms. The third-order valence-corrected chi connectivity index (χ3v) is 3.25. The average Bonchev–Trinajstić information content (AvgIpc) is 2.47. The molecule has 0 saturated carbocycles. The van der Waals surface area contributed by atoms with E-state index in [0.29, 0.717) is 6.42 Å². The maximum absolute atomic E-state index is 13.8. The van der Waals surface area contributed by atoms with Crippen molar-refractivity contribution in [2.45, 2.75) is 19.4 Å². The van der Waals surface area contributed by atoms with Gasteiger partial charge in [0.05, 0.1) is 18.2 Å². The molecule has 2 aromatic rings. The molecule has 0 aliphatic carbocycles. The maximum Gasteiger partial charge on any atom is 0.254 e. The molecule has 0 aliphatic rings. The van der Waals surface area contributed by atoms with Gasteiger partial charge in [0.15, 0.2) is 0 Å². The first kappa shape index (κ1) is 15.2. The number of benzene rings is 2. The molecule has 0 aliphatic heterocycles. The fourth-order valence-corrected chi connectivity index (χ4v) is 2.13. The van der Waals surface area contributed by atoms with Gasteiger partial charge < -0.3 is 10.4 Å². The molecule has 110 valence electrons. The van der Waals surface area contributed by atoms with E-state index in [1.807, 2.05) is 30.3 Å². The average molecular weight is 287 g/mol. The second-order valence-electron chi connectivity index (χ2n) is 5.03. The van der Waals surface area contributed by atoms with Crippen LogP contribution in [-0.4, -0.2) is 23.7 Å². The van der Waals surface area contributed by atoms with Gasteiger partial charge in [-0.3, -0.25) is 4.79 Å². The van der Waals surface area contributed by atoms with E-state index in [1.54, 1.807) is 13.0 Å². The summed E-state index contributed by atoms with van der Waals surface area (Å²) in [7, 11) is 0. The van der Waals surface area contributed by atoms with Crippen molar-refractivity contribution in [3.05, 3.63) is 71.0 Å². The lowest BCUT2D eigenvalue weighted by Gasteiger charge is -2.16. The van der Waals surface area contributed by atoms with Crippen molar-refractivity contribution in [1.82, 2.24) is 5.32 Å². The molecule has 4 heteroatoms. The van der Waals surface area contributed by atoms with Crippen molar-refractivity contribution in [2.75, 3.05) is 6.61 Å². The molecule has 1 amide bonds. The molecule has 0 aromatic heterocycles. The van der Waals surface area contributed by atoms with Crippen molar-refractivity contribution in [3.8, 4) is 0 Å². The quantitative estimate of drug-likeness (QED) is 0.887. The summed E-state index contributed by atoms with van der Waals surface area (Å²) in [5.74, 6) is -1.06. The van der Waals surface area contributed by atoms with Crippen molar-refractivity contribution in [2.24, 2.45) is 0 Å². The molecule has 2 N–H and O–H groups in total. The zero-order valence-electron chi connectivity index (χ0n) is 11.8. The maximum atomic E-state index is 13.8. The highest BCUT2D eigenvalue weighted by molar-refractivity contribution is 5.94. The molecule has 0 saturated heterocycles. The van der Waals surface area contributed by atoms with E-state index in [4.69, 9.17) is 0 Å². The summed E-state index contributed by atoms with van der Waals surface area (Å²) < 4.78 is 13.8. The molecular weight excluding hydrogens is 269 g/mol. The normalized spacial score (nSPS) is 12.0. The van der Waals surface area contributed by atoms with Crippen LogP contribution in [0.2, 0.25) is 0 Å². The lowest BCUT2D eigenvalue weighted by Crippen LogP contribution is -2.39. The van der Waals surface area contributed by atoms with Crippen molar-refractivity contribution in [1.29, 1.82) is 0 Å². The van der Waals surface area contributed by atoms with E-state index < -0.39 is 17.8 Å². The number of rotatable bonds is 5. The molecule has 0 radical (unpaired) electrons. The Morgan fingerprint density at radius 2 is 1.95 bits per heavy atom. The third kappa shape index (κ3) is 4.13. The van der Waals surface area contributed by atoms with Gasteiger partial charge in [-0.25, -0.2) is 4.39 Å². The lowest BCUT2D eigenvalue weighted by molar-refractivity contribution is 0.0912. The number of aliphatic hydroxyl groups excluding tert-OH is 1. The Balaban J connectivity index is 2.06. The highest BCUT2D eigenvalue weighted by Crippen LogP contribution is 2.11. The second-order valence-corrected chi connectivity index (χ2v) is 5.03. The fourth-order valence-electron chi connectivity index (χ4n) is 2.13. The Kier molecular flexibility index (Phi) is 5.06. The highest BCUT2D eigenvalue weighted by atomic mass is 19.1. The summed E-state index contributed by atoms with van der Waals surface area (Å²) in [6.45, 7) is 1.56. The number of carbonyl (C=O) groups excluding carboxylic acids is 1. The largest absolute Gasteiger partial charge is 0.394 e. The molecule has 0 heterocycles. The summed E-state index contributed by atoms with van der Waals surface area (Å²) in [4.78, 5) is 12.1. The van der Waals surface area contributed by atoms with Gasteiger partial charge in [0, 0.05) is 0 Å². The molecule has 0 fully saturated rings. The van der Waals surface area contributed by atoms with E-state index in [1.165, 1.54) is 12.1 Å². The van der Waals surface area contributed by atoms with Crippen LogP contribution in [0, 0.1) is 12.7 Å². The van der Waals surface area contributed by atoms with Crippen LogP contribution >= 0.6 is 0 Å². The minimum absolute atomic E-state index is 0.00730. The summed E-state index contributed by atoms with van der Waals surface area (Å²) >= 11 is 0. The molecule has 3 nitrogen and oxygen atoms in total. The SMILES string of the molecule is Cc1ccc(C(=O)N[C@H](CO)Cc2ccccc2)c(F)c1. The van der Waals surface area contributed by atoms with Crippen molar-refractivity contribution < 1.29 is 14.3 Å². The lowest BCUT2D eigenvalue weighted by atomic mass is 10.1.